The Bertz CT molecular complexity index is 326. The Hall–Kier alpha value is 0.1000. The molecule has 1 aliphatic carbocycles. The van der Waals surface area contributed by atoms with E-state index in [1.54, 1.807) is 11.3 Å². The molecule has 3 unspecified atom stereocenters. The Morgan fingerprint density at radius 2 is 2.40 bits per heavy atom. The van der Waals surface area contributed by atoms with Crippen LogP contribution in [0.1, 0.15) is 24.3 Å². The Kier molecular flexibility index (Phi) is 3.83. The van der Waals surface area contributed by atoms with E-state index in [0.29, 0.717) is 12.6 Å². The molecular weight excluding hydrogens is 272 g/mol. The van der Waals surface area contributed by atoms with Crippen molar-refractivity contribution in [2.75, 3.05) is 13.1 Å². The smallest absolute Gasteiger partial charge is 0.0702 e. The lowest BCUT2D eigenvalue weighted by atomic mass is 10.2. The minimum atomic E-state index is 0.328. The summed E-state index contributed by atoms with van der Waals surface area (Å²) in [6, 6.07) is 4.56. The van der Waals surface area contributed by atoms with Crippen LogP contribution in [-0.2, 0) is 0 Å². The molecule has 3 atom stereocenters. The highest BCUT2D eigenvalue weighted by Crippen LogP contribution is 2.37. The zero-order valence-corrected chi connectivity index (χ0v) is 11.3. The van der Waals surface area contributed by atoms with Gasteiger partial charge in [-0.3, -0.25) is 0 Å². The third kappa shape index (κ3) is 3.03. The molecule has 0 saturated heterocycles. The van der Waals surface area contributed by atoms with Gasteiger partial charge in [0.05, 0.1) is 9.83 Å². The van der Waals surface area contributed by atoms with Gasteiger partial charge in [-0.05, 0) is 52.9 Å². The van der Waals surface area contributed by atoms with E-state index in [-0.39, 0.29) is 0 Å². The predicted molar refractivity (Wildman–Crippen MR) is 69.1 cm³/mol. The van der Waals surface area contributed by atoms with E-state index in [2.05, 4.69) is 40.3 Å². The maximum Gasteiger partial charge on any atom is 0.0702 e. The van der Waals surface area contributed by atoms with E-state index in [4.69, 9.17) is 5.73 Å². The van der Waals surface area contributed by atoms with Crippen molar-refractivity contribution in [3.05, 3.63) is 20.8 Å². The molecular formula is C11H17BrN2S. The van der Waals surface area contributed by atoms with Crippen LogP contribution in [0.3, 0.4) is 0 Å². The van der Waals surface area contributed by atoms with Gasteiger partial charge < -0.3 is 11.1 Å². The molecule has 3 N–H and O–H groups in total. The molecule has 15 heavy (non-hydrogen) atoms. The minimum Gasteiger partial charge on any atom is -0.329 e. The van der Waals surface area contributed by atoms with Crippen LogP contribution in [0.4, 0.5) is 0 Å². The highest BCUT2D eigenvalue weighted by Gasteiger charge is 2.32. The first kappa shape index (κ1) is 11.6. The summed E-state index contributed by atoms with van der Waals surface area (Å²) in [4.78, 5) is 1.33. The van der Waals surface area contributed by atoms with Gasteiger partial charge in [0, 0.05) is 11.4 Å². The number of hydrogen-bond acceptors (Lipinski definition) is 3. The standard InChI is InChI=1S/C11H17BrN2S/c1-7-4-8(7)6-14-9(5-13)10-2-3-11(12)15-10/h2-3,7-9,14H,4-6,13H2,1H3. The van der Waals surface area contributed by atoms with Gasteiger partial charge in [-0.1, -0.05) is 6.92 Å². The van der Waals surface area contributed by atoms with Crippen LogP contribution in [0.15, 0.2) is 15.9 Å². The van der Waals surface area contributed by atoms with Crippen molar-refractivity contribution in [1.82, 2.24) is 5.32 Å². The minimum absolute atomic E-state index is 0.328. The summed E-state index contributed by atoms with van der Waals surface area (Å²) in [5.74, 6) is 1.79. The van der Waals surface area contributed by atoms with Crippen LogP contribution < -0.4 is 11.1 Å². The molecule has 0 aliphatic heterocycles. The SMILES string of the molecule is CC1CC1CNC(CN)c1ccc(Br)s1. The normalized spacial score (nSPS) is 26.6. The molecule has 0 bridgehead atoms. The van der Waals surface area contributed by atoms with Gasteiger partial charge in [-0.15, -0.1) is 11.3 Å². The molecule has 2 rings (SSSR count). The number of nitrogens with two attached hydrogens (primary N) is 1. The summed E-state index contributed by atoms with van der Waals surface area (Å²) < 4.78 is 1.18. The first-order valence-corrected chi connectivity index (χ1v) is 7.00. The van der Waals surface area contributed by atoms with Gasteiger partial charge >= 0.3 is 0 Å². The number of hydrogen-bond donors (Lipinski definition) is 2. The highest BCUT2D eigenvalue weighted by molar-refractivity contribution is 9.11. The third-order valence-electron chi connectivity index (χ3n) is 3.08. The lowest BCUT2D eigenvalue weighted by Crippen LogP contribution is -2.29. The number of rotatable bonds is 5. The lowest BCUT2D eigenvalue weighted by Gasteiger charge is -2.14. The topological polar surface area (TPSA) is 38.0 Å². The fraction of sp³-hybridized carbons (Fsp3) is 0.636. The van der Waals surface area contributed by atoms with E-state index in [0.717, 1.165) is 18.4 Å². The Morgan fingerprint density at radius 1 is 1.67 bits per heavy atom. The maximum absolute atomic E-state index is 5.78. The van der Waals surface area contributed by atoms with E-state index < -0.39 is 0 Å². The molecule has 0 amide bonds. The van der Waals surface area contributed by atoms with Gasteiger partial charge in [-0.25, -0.2) is 0 Å². The van der Waals surface area contributed by atoms with Gasteiger partial charge in [-0.2, -0.15) is 0 Å². The number of nitrogens with one attached hydrogen (secondary N) is 1. The van der Waals surface area contributed by atoms with Crippen LogP contribution in [0.5, 0.6) is 0 Å². The predicted octanol–water partition coefficient (Wildman–Crippen LogP) is 2.76. The van der Waals surface area contributed by atoms with Crippen LogP contribution in [0.2, 0.25) is 0 Å². The van der Waals surface area contributed by atoms with E-state index in [9.17, 15) is 0 Å². The van der Waals surface area contributed by atoms with Crippen LogP contribution in [0, 0.1) is 11.8 Å². The lowest BCUT2D eigenvalue weighted by molar-refractivity contribution is 0.517. The van der Waals surface area contributed by atoms with E-state index in [1.165, 1.54) is 15.1 Å². The van der Waals surface area contributed by atoms with Crippen molar-refractivity contribution in [2.24, 2.45) is 17.6 Å². The number of halogens is 1. The van der Waals surface area contributed by atoms with Crippen LogP contribution in [-0.4, -0.2) is 13.1 Å². The summed E-state index contributed by atoms with van der Waals surface area (Å²) in [6.45, 7) is 4.10. The highest BCUT2D eigenvalue weighted by atomic mass is 79.9. The first-order valence-electron chi connectivity index (χ1n) is 5.39. The molecule has 1 fully saturated rings. The summed E-state index contributed by atoms with van der Waals surface area (Å²) in [5, 5.41) is 3.56. The molecule has 0 radical (unpaired) electrons. The Balaban J connectivity index is 1.86. The second kappa shape index (κ2) is 4.95. The molecule has 1 heterocycles. The molecule has 0 spiro atoms. The molecule has 1 aromatic heterocycles. The van der Waals surface area contributed by atoms with E-state index in [1.807, 2.05) is 0 Å². The second-order valence-electron chi connectivity index (χ2n) is 4.31. The largest absolute Gasteiger partial charge is 0.329 e. The van der Waals surface area contributed by atoms with Crippen molar-refractivity contribution in [2.45, 2.75) is 19.4 Å². The summed E-state index contributed by atoms with van der Waals surface area (Å²) in [6.07, 6.45) is 1.37. The molecule has 1 aromatic rings. The van der Waals surface area contributed by atoms with Crippen LogP contribution >= 0.6 is 27.3 Å². The Labute approximate surface area is 103 Å². The van der Waals surface area contributed by atoms with Crippen molar-refractivity contribution >= 4 is 27.3 Å². The summed E-state index contributed by atoms with van der Waals surface area (Å²) >= 11 is 5.25. The zero-order valence-electron chi connectivity index (χ0n) is 8.87. The van der Waals surface area contributed by atoms with E-state index >= 15 is 0 Å². The van der Waals surface area contributed by atoms with Gasteiger partial charge in [0.25, 0.3) is 0 Å². The molecule has 84 valence electrons. The Morgan fingerprint density at radius 3 is 2.87 bits per heavy atom. The quantitative estimate of drug-likeness (QED) is 0.874. The molecule has 2 nitrogen and oxygen atoms in total. The second-order valence-corrected chi connectivity index (χ2v) is 6.81. The monoisotopic (exact) mass is 288 g/mol. The van der Waals surface area contributed by atoms with Gasteiger partial charge in [0.2, 0.25) is 0 Å². The average Bonchev–Trinajstić information content (AvgIpc) is 2.73. The molecule has 1 aliphatic rings. The van der Waals surface area contributed by atoms with Gasteiger partial charge in [0.15, 0.2) is 0 Å². The summed E-state index contributed by atoms with van der Waals surface area (Å²) in [7, 11) is 0. The fourth-order valence-corrected chi connectivity index (χ4v) is 3.30. The van der Waals surface area contributed by atoms with Crippen LogP contribution in [0.25, 0.3) is 0 Å². The maximum atomic E-state index is 5.78. The third-order valence-corrected chi connectivity index (χ3v) is 4.81. The first-order chi connectivity index (χ1) is 7.20. The van der Waals surface area contributed by atoms with Crippen molar-refractivity contribution in [3.63, 3.8) is 0 Å². The molecule has 1 saturated carbocycles. The van der Waals surface area contributed by atoms with Crippen molar-refractivity contribution in [3.8, 4) is 0 Å². The van der Waals surface area contributed by atoms with Crippen molar-refractivity contribution < 1.29 is 0 Å². The summed E-state index contributed by atoms with van der Waals surface area (Å²) in [5.41, 5.74) is 5.78. The fourth-order valence-electron chi connectivity index (χ4n) is 1.79. The molecule has 4 heteroatoms. The average molecular weight is 289 g/mol. The number of thiophene rings is 1. The molecule has 0 aromatic carbocycles. The van der Waals surface area contributed by atoms with Gasteiger partial charge in [0.1, 0.15) is 0 Å². The zero-order chi connectivity index (χ0) is 10.8. The van der Waals surface area contributed by atoms with Crippen molar-refractivity contribution in [1.29, 1.82) is 0 Å².